The molecule has 0 aliphatic carbocycles. The largest absolute Gasteiger partial charge is 0.488 e. The van der Waals surface area contributed by atoms with Crippen molar-refractivity contribution in [2.45, 2.75) is 38.7 Å². The molecule has 2 N–H and O–H groups in total. The number of hydrogen-bond acceptors (Lipinski definition) is 4. The third-order valence-electron chi connectivity index (χ3n) is 4.35. The molecule has 2 aliphatic heterocycles. The zero-order chi connectivity index (χ0) is 17.2. The molecule has 130 valence electrons. The molecule has 2 heterocycles. The van der Waals surface area contributed by atoms with Gasteiger partial charge in [0.25, 0.3) is 0 Å². The lowest BCUT2D eigenvalue weighted by atomic mass is 9.98. The summed E-state index contributed by atoms with van der Waals surface area (Å²) in [4.78, 5) is 23.2. The van der Waals surface area contributed by atoms with E-state index in [0.29, 0.717) is 32.5 Å². The SMILES string of the molecule is CC1(C)Cc2cccc(OCCNC(=O)C3CCC(=O)NC3)c2O1. The number of fused-ring (bicyclic) bond motifs is 1. The molecule has 3 rings (SSSR count). The molecule has 0 spiro atoms. The van der Waals surface area contributed by atoms with Crippen molar-refractivity contribution in [1.29, 1.82) is 0 Å². The number of amides is 2. The highest BCUT2D eigenvalue weighted by molar-refractivity contribution is 5.83. The molecule has 2 amide bonds. The number of benzene rings is 1. The Hall–Kier alpha value is -2.24. The second-order valence-corrected chi connectivity index (χ2v) is 6.96. The average molecular weight is 332 g/mol. The zero-order valence-corrected chi connectivity index (χ0v) is 14.2. The summed E-state index contributed by atoms with van der Waals surface area (Å²) in [7, 11) is 0. The Bertz CT molecular complexity index is 632. The van der Waals surface area contributed by atoms with Crippen LogP contribution in [0.25, 0.3) is 0 Å². The minimum absolute atomic E-state index is 0.0169. The van der Waals surface area contributed by atoms with Crippen LogP contribution in [0.2, 0.25) is 0 Å². The van der Waals surface area contributed by atoms with Crippen molar-refractivity contribution >= 4 is 11.8 Å². The summed E-state index contributed by atoms with van der Waals surface area (Å²) in [5.41, 5.74) is 0.945. The van der Waals surface area contributed by atoms with Crippen molar-refractivity contribution < 1.29 is 19.1 Å². The standard InChI is InChI=1S/C18H24N2O4/c1-18(2)10-12-4-3-5-14(16(12)24-18)23-9-8-19-17(22)13-6-7-15(21)20-11-13/h3-5,13H,6-11H2,1-2H3,(H,19,22)(H,20,21). The van der Waals surface area contributed by atoms with Crippen molar-refractivity contribution in [2.75, 3.05) is 19.7 Å². The van der Waals surface area contributed by atoms with E-state index in [1.165, 1.54) is 0 Å². The molecular formula is C18H24N2O4. The summed E-state index contributed by atoms with van der Waals surface area (Å²) in [5, 5.41) is 5.58. The van der Waals surface area contributed by atoms with Gasteiger partial charge in [0.1, 0.15) is 12.2 Å². The smallest absolute Gasteiger partial charge is 0.225 e. The summed E-state index contributed by atoms with van der Waals surface area (Å²) in [6.45, 7) is 5.34. The molecule has 2 aliphatic rings. The predicted molar refractivity (Wildman–Crippen MR) is 89.1 cm³/mol. The zero-order valence-electron chi connectivity index (χ0n) is 14.2. The molecule has 1 aromatic carbocycles. The number of hydrogen-bond donors (Lipinski definition) is 2. The average Bonchev–Trinajstić information content (AvgIpc) is 2.86. The molecule has 1 aromatic rings. The number of carbonyl (C=O) groups is 2. The van der Waals surface area contributed by atoms with Gasteiger partial charge in [-0.3, -0.25) is 9.59 Å². The minimum atomic E-state index is -0.207. The Balaban J connectivity index is 1.46. The molecule has 1 fully saturated rings. The Morgan fingerprint density at radius 1 is 1.46 bits per heavy atom. The Morgan fingerprint density at radius 2 is 2.29 bits per heavy atom. The fraction of sp³-hybridized carbons (Fsp3) is 0.556. The topological polar surface area (TPSA) is 76.7 Å². The van der Waals surface area contributed by atoms with E-state index >= 15 is 0 Å². The third kappa shape index (κ3) is 3.80. The number of piperidine rings is 1. The fourth-order valence-corrected chi connectivity index (χ4v) is 3.14. The van der Waals surface area contributed by atoms with E-state index in [-0.39, 0.29) is 23.3 Å². The van der Waals surface area contributed by atoms with Gasteiger partial charge >= 0.3 is 0 Å². The summed E-state index contributed by atoms with van der Waals surface area (Å²) < 4.78 is 11.7. The lowest BCUT2D eigenvalue weighted by molar-refractivity contribution is -0.129. The van der Waals surface area contributed by atoms with Gasteiger partial charge in [0.15, 0.2) is 11.5 Å². The third-order valence-corrected chi connectivity index (χ3v) is 4.35. The number of carbonyl (C=O) groups excluding carboxylic acids is 2. The Morgan fingerprint density at radius 3 is 3.04 bits per heavy atom. The van der Waals surface area contributed by atoms with Crippen LogP contribution >= 0.6 is 0 Å². The van der Waals surface area contributed by atoms with E-state index in [0.717, 1.165) is 23.5 Å². The Labute approximate surface area is 141 Å². The maximum atomic E-state index is 12.0. The van der Waals surface area contributed by atoms with Gasteiger partial charge < -0.3 is 20.1 Å². The lowest BCUT2D eigenvalue weighted by Gasteiger charge is -2.21. The highest BCUT2D eigenvalue weighted by Gasteiger charge is 2.32. The summed E-state index contributed by atoms with van der Waals surface area (Å²) >= 11 is 0. The highest BCUT2D eigenvalue weighted by atomic mass is 16.5. The number of rotatable bonds is 5. The summed E-state index contributed by atoms with van der Waals surface area (Å²) in [6.07, 6.45) is 1.88. The van der Waals surface area contributed by atoms with E-state index < -0.39 is 0 Å². The summed E-state index contributed by atoms with van der Waals surface area (Å²) in [5.74, 6) is 1.37. The summed E-state index contributed by atoms with van der Waals surface area (Å²) in [6, 6.07) is 5.90. The van der Waals surface area contributed by atoms with Crippen LogP contribution in [0, 0.1) is 5.92 Å². The molecule has 0 aromatic heterocycles. The predicted octanol–water partition coefficient (Wildman–Crippen LogP) is 1.42. The Kier molecular flexibility index (Phi) is 4.64. The number of para-hydroxylation sites is 1. The molecule has 0 radical (unpaired) electrons. The van der Waals surface area contributed by atoms with Gasteiger partial charge in [-0.05, 0) is 26.3 Å². The van der Waals surface area contributed by atoms with Gasteiger partial charge in [-0.25, -0.2) is 0 Å². The van der Waals surface area contributed by atoms with E-state index in [4.69, 9.17) is 9.47 Å². The molecule has 24 heavy (non-hydrogen) atoms. The molecule has 0 bridgehead atoms. The van der Waals surface area contributed by atoms with Crippen LogP contribution in [-0.4, -0.2) is 37.1 Å². The van der Waals surface area contributed by atoms with Crippen molar-refractivity contribution in [3.63, 3.8) is 0 Å². The van der Waals surface area contributed by atoms with Crippen molar-refractivity contribution in [1.82, 2.24) is 10.6 Å². The van der Waals surface area contributed by atoms with Crippen LogP contribution < -0.4 is 20.1 Å². The molecule has 0 saturated carbocycles. The first-order valence-electron chi connectivity index (χ1n) is 8.43. The maximum Gasteiger partial charge on any atom is 0.225 e. The number of ether oxygens (including phenoxy) is 2. The number of nitrogens with one attached hydrogen (secondary N) is 2. The van der Waals surface area contributed by atoms with Gasteiger partial charge in [0.2, 0.25) is 11.8 Å². The molecule has 6 nitrogen and oxygen atoms in total. The van der Waals surface area contributed by atoms with Gasteiger partial charge in [0, 0.05) is 24.9 Å². The normalized spacial score (nSPS) is 21.4. The maximum absolute atomic E-state index is 12.0. The quantitative estimate of drug-likeness (QED) is 0.800. The molecule has 1 atom stereocenters. The second-order valence-electron chi connectivity index (χ2n) is 6.96. The minimum Gasteiger partial charge on any atom is -0.488 e. The molecule has 6 heteroatoms. The molecular weight excluding hydrogens is 308 g/mol. The van der Waals surface area contributed by atoms with Crippen molar-refractivity contribution in [3.8, 4) is 11.5 Å². The monoisotopic (exact) mass is 332 g/mol. The van der Waals surface area contributed by atoms with Crippen LogP contribution in [-0.2, 0) is 16.0 Å². The van der Waals surface area contributed by atoms with Gasteiger partial charge in [-0.15, -0.1) is 0 Å². The lowest BCUT2D eigenvalue weighted by Crippen LogP contribution is -2.43. The first-order chi connectivity index (χ1) is 11.4. The first-order valence-corrected chi connectivity index (χ1v) is 8.43. The van der Waals surface area contributed by atoms with E-state index in [2.05, 4.69) is 30.5 Å². The van der Waals surface area contributed by atoms with Crippen LogP contribution in [0.1, 0.15) is 32.3 Å². The molecule has 1 unspecified atom stereocenters. The fourth-order valence-electron chi connectivity index (χ4n) is 3.14. The highest BCUT2D eigenvalue weighted by Crippen LogP contribution is 2.41. The van der Waals surface area contributed by atoms with Crippen LogP contribution in [0.15, 0.2) is 18.2 Å². The van der Waals surface area contributed by atoms with E-state index in [1.54, 1.807) is 0 Å². The van der Waals surface area contributed by atoms with Gasteiger partial charge in [-0.1, -0.05) is 12.1 Å². The molecule has 1 saturated heterocycles. The first kappa shape index (κ1) is 16.6. The van der Waals surface area contributed by atoms with E-state index in [1.807, 2.05) is 12.1 Å². The van der Waals surface area contributed by atoms with Crippen LogP contribution in [0.3, 0.4) is 0 Å². The second kappa shape index (κ2) is 6.71. The van der Waals surface area contributed by atoms with Crippen LogP contribution in [0.4, 0.5) is 0 Å². The van der Waals surface area contributed by atoms with Gasteiger partial charge in [0.05, 0.1) is 12.5 Å². The van der Waals surface area contributed by atoms with E-state index in [9.17, 15) is 9.59 Å². The van der Waals surface area contributed by atoms with Crippen molar-refractivity contribution in [2.24, 2.45) is 5.92 Å². The van der Waals surface area contributed by atoms with Crippen LogP contribution in [0.5, 0.6) is 11.5 Å². The van der Waals surface area contributed by atoms with Crippen molar-refractivity contribution in [3.05, 3.63) is 23.8 Å². The van der Waals surface area contributed by atoms with Gasteiger partial charge in [-0.2, -0.15) is 0 Å².